The van der Waals surface area contributed by atoms with Gasteiger partial charge in [-0.2, -0.15) is 0 Å². The molecule has 15 heavy (non-hydrogen) atoms. The van der Waals surface area contributed by atoms with Crippen LogP contribution in [0.3, 0.4) is 0 Å². The van der Waals surface area contributed by atoms with Crippen molar-refractivity contribution in [2.24, 2.45) is 0 Å². The Labute approximate surface area is 91.8 Å². The summed E-state index contributed by atoms with van der Waals surface area (Å²) >= 11 is 1.76. The van der Waals surface area contributed by atoms with Crippen molar-refractivity contribution in [3.8, 4) is 17.0 Å². The van der Waals surface area contributed by atoms with Crippen molar-refractivity contribution < 1.29 is 5.11 Å². The zero-order valence-corrected chi connectivity index (χ0v) is 8.87. The van der Waals surface area contributed by atoms with Crippen LogP contribution in [0, 0.1) is 0 Å². The number of rotatable bonds is 1. The highest BCUT2D eigenvalue weighted by Crippen LogP contribution is 2.32. The summed E-state index contributed by atoms with van der Waals surface area (Å²) in [5, 5.41) is 10.7. The highest BCUT2D eigenvalue weighted by molar-refractivity contribution is 7.99. The summed E-state index contributed by atoms with van der Waals surface area (Å²) in [6.07, 6.45) is 2.00. The van der Waals surface area contributed by atoms with Crippen LogP contribution in [-0.2, 0) is 6.54 Å². The summed E-state index contributed by atoms with van der Waals surface area (Å²) in [7, 11) is 0. The molecule has 0 atom stereocenters. The van der Waals surface area contributed by atoms with Gasteiger partial charge in [0.2, 0.25) is 0 Å². The molecule has 2 aromatic rings. The summed E-state index contributed by atoms with van der Waals surface area (Å²) in [6.45, 7) is 1.01. The molecule has 0 saturated heterocycles. The zero-order valence-electron chi connectivity index (χ0n) is 8.05. The van der Waals surface area contributed by atoms with Gasteiger partial charge in [0.25, 0.3) is 0 Å². The maximum absolute atomic E-state index is 9.70. The molecule has 4 heteroatoms. The molecule has 0 aliphatic carbocycles. The second kappa shape index (κ2) is 3.31. The van der Waals surface area contributed by atoms with E-state index in [4.69, 9.17) is 0 Å². The number of hydrogen-bond acceptors (Lipinski definition) is 3. The number of fused-ring (bicyclic) bond motifs is 1. The van der Waals surface area contributed by atoms with Gasteiger partial charge in [-0.15, -0.1) is 0 Å². The number of benzene rings is 1. The lowest BCUT2D eigenvalue weighted by atomic mass is 10.1. The number of thioether (sulfide) groups is 1. The summed E-state index contributed by atoms with van der Waals surface area (Å²) in [6, 6.07) is 7.30. The van der Waals surface area contributed by atoms with E-state index in [0.29, 0.717) is 5.75 Å². The van der Waals surface area contributed by atoms with Crippen LogP contribution >= 0.6 is 11.8 Å². The lowest BCUT2D eigenvalue weighted by Gasteiger charge is -1.99. The molecular weight excluding hydrogens is 208 g/mol. The van der Waals surface area contributed by atoms with Gasteiger partial charge < -0.3 is 9.67 Å². The van der Waals surface area contributed by atoms with Crippen LogP contribution in [0.2, 0.25) is 0 Å². The van der Waals surface area contributed by atoms with E-state index in [1.807, 2.05) is 24.4 Å². The predicted octanol–water partition coefficient (Wildman–Crippen LogP) is 2.36. The van der Waals surface area contributed by atoms with Gasteiger partial charge in [-0.25, -0.2) is 4.98 Å². The summed E-state index contributed by atoms with van der Waals surface area (Å²) in [5.74, 6) is 1.39. The lowest BCUT2D eigenvalue weighted by Crippen LogP contribution is -1.89. The molecule has 0 amide bonds. The van der Waals surface area contributed by atoms with E-state index in [1.54, 1.807) is 17.8 Å². The van der Waals surface area contributed by atoms with Crippen LogP contribution in [0.15, 0.2) is 35.6 Å². The zero-order chi connectivity index (χ0) is 10.3. The van der Waals surface area contributed by atoms with Crippen molar-refractivity contribution in [2.45, 2.75) is 11.7 Å². The average Bonchev–Trinajstić information content (AvgIpc) is 2.77. The topological polar surface area (TPSA) is 38.0 Å². The minimum Gasteiger partial charge on any atom is -0.507 e. The summed E-state index contributed by atoms with van der Waals surface area (Å²) < 4.78 is 2.13. The fourth-order valence-corrected chi connectivity index (χ4v) is 2.67. The number of nitrogens with zero attached hydrogens (tertiary/aromatic N) is 2. The predicted molar refractivity (Wildman–Crippen MR) is 60.1 cm³/mol. The third-order valence-corrected chi connectivity index (χ3v) is 3.45. The number of phenols is 1. The standard InChI is InChI=1S/C11H10N2OS/c14-10-4-2-1-3-8(10)9-7-13-5-6-15-11(13)12-9/h1-4,7,14H,5-6H2. The van der Waals surface area contributed by atoms with Crippen LogP contribution in [0.5, 0.6) is 5.75 Å². The monoisotopic (exact) mass is 218 g/mol. The van der Waals surface area contributed by atoms with Crippen molar-refractivity contribution in [3.63, 3.8) is 0 Å². The molecule has 3 rings (SSSR count). The first-order chi connectivity index (χ1) is 7.34. The Balaban J connectivity index is 2.10. The van der Waals surface area contributed by atoms with Gasteiger partial charge in [-0.3, -0.25) is 0 Å². The Morgan fingerprint density at radius 3 is 3.00 bits per heavy atom. The molecule has 0 unspecified atom stereocenters. The van der Waals surface area contributed by atoms with E-state index in [2.05, 4.69) is 9.55 Å². The molecule has 76 valence electrons. The van der Waals surface area contributed by atoms with Crippen molar-refractivity contribution in [2.75, 3.05) is 5.75 Å². The largest absolute Gasteiger partial charge is 0.507 e. The van der Waals surface area contributed by atoms with Gasteiger partial charge in [0.15, 0.2) is 5.16 Å². The molecule has 0 radical (unpaired) electrons. The van der Waals surface area contributed by atoms with E-state index in [1.165, 1.54) is 0 Å². The number of para-hydroxylation sites is 1. The first-order valence-corrected chi connectivity index (χ1v) is 5.81. The van der Waals surface area contributed by atoms with E-state index < -0.39 is 0 Å². The first-order valence-electron chi connectivity index (χ1n) is 4.83. The Bertz CT molecular complexity index is 486. The number of aromatic hydroxyl groups is 1. The molecule has 2 heterocycles. The van der Waals surface area contributed by atoms with Gasteiger partial charge in [0, 0.05) is 24.1 Å². The Hall–Kier alpha value is -1.42. The third-order valence-electron chi connectivity index (χ3n) is 2.48. The van der Waals surface area contributed by atoms with E-state index in [-0.39, 0.29) is 0 Å². The fourth-order valence-electron chi connectivity index (χ4n) is 1.73. The normalized spacial score (nSPS) is 14.1. The lowest BCUT2D eigenvalue weighted by molar-refractivity contribution is 0.477. The van der Waals surface area contributed by atoms with Gasteiger partial charge in [0.05, 0.1) is 5.69 Å². The molecule has 0 saturated carbocycles. The summed E-state index contributed by atoms with van der Waals surface area (Å²) in [4.78, 5) is 4.49. The first kappa shape index (κ1) is 8.85. The molecule has 1 aromatic carbocycles. The molecule has 1 N–H and O–H groups in total. The van der Waals surface area contributed by atoms with Gasteiger partial charge in [-0.05, 0) is 12.1 Å². The van der Waals surface area contributed by atoms with E-state index in [0.717, 1.165) is 28.7 Å². The average molecular weight is 218 g/mol. The smallest absolute Gasteiger partial charge is 0.168 e. The van der Waals surface area contributed by atoms with Crippen LogP contribution < -0.4 is 0 Å². The second-order valence-corrected chi connectivity index (χ2v) is 4.53. The highest BCUT2D eigenvalue weighted by Gasteiger charge is 2.16. The molecule has 0 bridgehead atoms. The molecular formula is C11H10N2OS. The van der Waals surface area contributed by atoms with E-state index >= 15 is 0 Å². The molecule has 0 spiro atoms. The van der Waals surface area contributed by atoms with Crippen LogP contribution in [-0.4, -0.2) is 20.4 Å². The summed E-state index contributed by atoms with van der Waals surface area (Å²) in [5.41, 5.74) is 1.66. The van der Waals surface area contributed by atoms with Gasteiger partial charge in [-0.1, -0.05) is 23.9 Å². The number of aryl methyl sites for hydroxylation is 1. The number of phenolic OH excluding ortho intramolecular Hbond substituents is 1. The highest BCUT2D eigenvalue weighted by atomic mass is 32.2. The third kappa shape index (κ3) is 1.41. The van der Waals surface area contributed by atoms with Crippen LogP contribution in [0.1, 0.15) is 0 Å². The number of hydrogen-bond donors (Lipinski definition) is 1. The minimum atomic E-state index is 0.291. The quantitative estimate of drug-likeness (QED) is 0.798. The second-order valence-electron chi connectivity index (χ2n) is 3.47. The molecule has 1 aliphatic rings. The number of aromatic nitrogens is 2. The molecule has 1 aromatic heterocycles. The van der Waals surface area contributed by atoms with Crippen molar-refractivity contribution in [1.29, 1.82) is 0 Å². The van der Waals surface area contributed by atoms with Crippen LogP contribution in [0.4, 0.5) is 0 Å². The maximum Gasteiger partial charge on any atom is 0.168 e. The van der Waals surface area contributed by atoms with Gasteiger partial charge >= 0.3 is 0 Å². The van der Waals surface area contributed by atoms with Crippen molar-refractivity contribution in [3.05, 3.63) is 30.5 Å². The van der Waals surface area contributed by atoms with Crippen molar-refractivity contribution >= 4 is 11.8 Å². The van der Waals surface area contributed by atoms with Crippen LogP contribution in [0.25, 0.3) is 11.3 Å². The molecule has 0 fully saturated rings. The Morgan fingerprint density at radius 2 is 2.20 bits per heavy atom. The van der Waals surface area contributed by atoms with Gasteiger partial charge in [0.1, 0.15) is 5.75 Å². The molecule has 3 nitrogen and oxygen atoms in total. The molecule has 1 aliphatic heterocycles. The van der Waals surface area contributed by atoms with Crippen molar-refractivity contribution in [1.82, 2.24) is 9.55 Å². The minimum absolute atomic E-state index is 0.291. The van der Waals surface area contributed by atoms with E-state index in [9.17, 15) is 5.11 Å². The maximum atomic E-state index is 9.70. The Kier molecular flexibility index (Phi) is 1.95. The number of imidazole rings is 1. The SMILES string of the molecule is Oc1ccccc1-c1cn2c(n1)SCC2. The fraction of sp³-hybridized carbons (Fsp3) is 0.182. The Morgan fingerprint density at radius 1 is 1.33 bits per heavy atom.